The normalized spacial score (nSPS) is 20.2. The van der Waals surface area contributed by atoms with Crippen molar-refractivity contribution >= 4 is 18.2 Å². The van der Waals surface area contributed by atoms with E-state index in [9.17, 15) is 9.59 Å². The molecule has 1 aliphatic heterocycles. The van der Waals surface area contributed by atoms with Crippen LogP contribution in [0.1, 0.15) is 23.6 Å². The summed E-state index contributed by atoms with van der Waals surface area (Å²) in [6.45, 7) is 1.65. The Kier molecular flexibility index (Phi) is 3.84. The number of nitrogens with zero attached hydrogens (tertiary/aromatic N) is 3. The highest BCUT2D eigenvalue weighted by Crippen LogP contribution is 2.28. The van der Waals surface area contributed by atoms with Crippen molar-refractivity contribution in [3.05, 3.63) is 71.3 Å². The molecule has 0 spiro atoms. The molecule has 2 aromatic carbocycles. The maximum absolute atomic E-state index is 12.6. The van der Waals surface area contributed by atoms with Crippen molar-refractivity contribution in [1.29, 1.82) is 5.26 Å². The van der Waals surface area contributed by atoms with Crippen LogP contribution in [0.3, 0.4) is 0 Å². The molecular formula is C18H14N4O2. The number of hydrazone groups is 1. The second-order valence-electron chi connectivity index (χ2n) is 5.52. The molecule has 1 heterocycles. The molecule has 6 heteroatoms. The van der Waals surface area contributed by atoms with Gasteiger partial charge in [0.25, 0.3) is 5.91 Å². The summed E-state index contributed by atoms with van der Waals surface area (Å²) in [6, 6.07) is 17.1. The van der Waals surface area contributed by atoms with Gasteiger partial charge in [0.1, 0.15) is 5.54 Å². The summed E-state index contributed by atoms with van der Waals surface area (Å²) >= 11 is 0. The second-order valence-corrected chi connectivity index (χ2v) is 5.52. The Morgan fingerprint density at radius 2 is 1.79 bits per heavy atom. The number of benzene rings is 2. The van der Waals surface area contributed by atoms with Gasteiger partial charge in [-0.2, -0.15) is 10.4 Å². The van der Waals surface area contributed by atoms with E-state index < -0.39 is 17.5 Å². The van der Waals surface area contributed by atoms with Gasteiger partial charge in [-0.25, -0.2) is 4.79 Å². The van der Waals surface area contributed by atoms with Gasteiger partial charge in [0.05, 0.1) is 17.8 Å². The van der Waals surface area contributed by atoms with E-state index in [-0.39, 0.29) is 0 Å². The van der Waals surface area contributed by atoms with Gasteiger partial charge in [-0.05, 0) is 30.2 Å². The first kappa shape index (κ1) is 15.4. The van der Waals surface area contributed by atoms with Crippen LogP contribution in [0.15, 0.2) is 59.7 Å². The van der Waals surface area contributed by atoms with Crippen molar-refractivity contribution in [1.82, 2.24) is 10.3 Å². The molecule has 0 radical (unpaired) electrons. The minimum absolute atomic E-state index is 0.441. The fourth-order valence-electron chi connectivity index (χ4n) is 2.46. The predicted molar refractivity (Wildman–Crippen MR) is 87.9 cm³/mol. The van der Waals surface area contributed by atoms with E-state index in [0.717, 1.165) is 5.01 Å². The molecular weight excluding hydrogens is 304 g/mol. The maximum Gasteiger partial charge on any atom is 0.346 e. The Balaban J connectivity index is 1.84. The van der Waals surface area contributed by atoms with Crippen molar-refractivity contribution in [2.75, 3.05) is 0 Å². The zero-order valence-electron chi connectivity index (χ0n) is 12.9. The summed E-state index contributed by atoms with van der Waals surface area (Å²) in [5, 5.41) is 16.3. The molecule has 1 atom stereocenters. The Hall–Kier alpha value is -3.46. The summed E-state index contributed by atoms with van der Waals surface area (Å²) in [6.07, 6.45) is 1.41. The summed E-state index contributed by atoms with van der Waals surface area (Å²) in [5.74, 6) is -0.441. The van der Waals surface area contributed by atoms with Gasteiger partial charge in [0.15, 0.2) is 0 Å². The average molecular weight is 318 g/mol. The molecule has 24 heavy (non-hydrogen) atoms. The van der Waals surface area contributed by atoms with Crippen LogP contribution in [0.2, 0.25) is 0 Å². The van der Waals surface area contributed by atoms with Gasteiger partial charge in [0, 0.05) is 0 Å². The number of amides is 3. The first-order valence-electron chi connectivity index (χ1n) is 7.31. The topological polar surface area (TPSA) is 85.6 Å². The summed E-state index contributed by atoms with van der Waals surface area (Å²) in [7, 11) is 0. The lowest BCUT2D eigenvalue weighted by molar-refractivity contribution is -0.131. The molecule has 0 aromatic heterocycles. The van der Waals surface area contributed by atoms with E-state index in [1.54, 1.807) is 43.3 Å². The number of carbonyl (C=O) groups is 2. The smallest absolute Gasteiger partial charge is 0.318 e. The van der Waals surface area contributed by atoms with Crippen LogP contribution in [0.5, 0.6) is 0 Å². The van der Waals surface area contributed by atoms with Crippen LogP contribution in [0, 0.1) is 11.3 Å². The molecule has 0 bridgehead atoms. The first-order valence-corrected chi connectivity index (χ1v) is 7.31. The van der Waals surface area contributed by atoms with E-state index in [2.05, 4.69) is 10.4 Å². The molecule has 3 amide bonds. The van der Waals surface area contributed by atoms with Crippen molar-refractivity contribution in [2.45, 2.75) is 12.5 Å². The molecule has 1 N–H and O–H groups in total. The van der Waals surface area contributed by atoms with Crippen LogP contribution in [-0.2, 0) is 10.3 Å². The molecule has 1 fully saturated rings. The van der Waals surface area contributed by atoms with Crippen LogP contribution < -0.4 is 5.32 Å². The second kappa shape index (κ2) is 5.97. The fraction of sp³-hybridized carbons (Fsp3) is 0.111. The first-order chi connectivity index (χ1) is 11.5. The number of nitriles is 1. The molecule has 6 nitrogen and oxygen atoms in total. The molecule has 1 aliphatic rings. The van der Waals surface area contributed by atoms with Gasteiger partial charge in [-0.3, -0.25) is 4.79 Å². The highest BCUT2D eigenvalue weighted by atomic mass is 16.2. The summed E-state index contributed by atoms with van der Waals surface area (Å²) in [4.78, 5) is 24.8. The zero-order valence-corrected chi connectivity index (χ0v) is 12.9. The molecule has 3 rings (SSSR count). The number of imide groups is 1. The standard InChI is InChI=1S/C18H14N4O2/c1-18(15-5-3-2-4-6-15)16(23)22(17(24)21-18)20-12-14-9-7-13(11-19)8-10-14/h2-10,12H,1H3,(H,21,24)/b20-12-/t18-/m0/s1. The fourth-order valence-corrected chi connectivity index (χ4v) is 2.46. The number of rotatable bonds is 3. The van der Waals surface area contributed by atoms with Crippen LogP contribution in [-0.4, -0.2) is 23.2 Å². The molecule has 0 saturated carbocycles. The number of nitrogens with one attached hydrogen (secondary N) is 1. The monoisotopic (exact) mass is 318 g/mol. The third-order valence-electron chi connectivity index (χ3n) is 3.88. The van der Waals surface area contributed by atoms with E-state index >= 15 is 0 Å². The maximum atomic E-state index is 12.6. The number of hydrogen-bond acceptors (Lipinski definition) is 4. The van der Waals surface area contributed by atoms with E-state index in [4.69, 9.17) is 5.26 Å². The van der Waals surface area contributed by atoms with Crippen LogP contribution in [0.4, 0.5) is 4.79 Å². The van der Waals surface area contributed by atoms with E-state index in [1.165, 1.54) is 6.21 Å². The average Bonchev–Trinajstić information content (AvgIpc) is 2.84. The molecule has 0 unspecified atom stereocenters. The molecule has 2 aromatic rings. The third kappa shape index (κ3) is 2.63. The minimum Gasteiger partial charge on any atom is -0.318 e. The molecule has 0 aliphatic carbocycles. The van der Waals surface area contributed by atoms with Gasteiger partial charge >= 0.3 is 6.03 Å². The number of urea groups is 1. The molecule has 1 saturated heterocycles. The van der Waals surface area contributed by atoms with Crippen LogP contribution in [0.25, 0.3) is 0 Å². The highest BCUT2D eigenvalue weighted by molar-refractivity contribution is 6.07. The highest BCUT2D eigenvalue weighted by Gasteiger charge is 2.49. The predicted octanol–water partition coefficient (Wildman–Crippen LogP) is 2.36. The Labute approximate surface area is 139 Å². The molecule has 118 valence electrons. The van der Waals surface area contributed by atoms with Crippen molar-refractivity contribution in [2.24, 2.45) is 5.10 Å². The van der Waals surface area contributed by atoms with E-state index in [0.29, 0.717) is 16.7 Å². The summed E-state index contributed by atoms with van der Waals surface area (Å²) in [5.41, 5.74) is 0.765. The quantitative estimate of drug-likeness (QED) is 0.696. The van der Waals surface area contributed by atoms with Gasteiger partial charge in [-0.15, -0.1) is 5.01 Å². The lowest BCUT2D eigenvalue weighted by atomic mass is 9.92. The SMILES string of the molecule is C[C@@]1(c2ccccc2)NC(=O)N(/N=C\c2ccc(C#N)cc2)C1=O. The zero-order chi connectivity index (χ0) is 17.2. The third-order valence-corrected chi connectivity index (χ3v) is 3.88. The van der Waals surface area contributed by atoms with Crippen molar-refractivity contribution < 1.29 is 9.59 Å². The van der Waals surface area contributed by atoms with E-state index in [1.807, 2.05) is 24.3 Å². The van der Waals surface area contributed by atoms with Crippen molar-refractivity contribution in [3.63, 3.8) is 0 Å². The Bertz CT molecular complexity index is 853. The van der Waals surface area contributed by atoms with Gasteiger partial charge < -0.3 is 5.32 Å². The summed E-state index contributed by atoms with van der Waals surface area (Å²) < 4.78 is 0. The van der Waals surface area contributed by atoms with Crippen LogP contribution >= 0.6 is 0 Å². The number of hydrogen-bond donors (Lipinski definition) is 1. The Morgan fingerprint density at radius 1 is 1.12 bits per heavy atom. The lowest BCUT2D eigenvalue weighted by Gasteiger charge is -2.20. The number of carbonyl (C=O) groups excluding carboxylic acids is 2. The van der Waals surface area contributed by atoms with Gasteiger partial charge in [0.2, 0.25) is 0 Å². The lowest BCUT2D eigenvalue weighted by Crippen LogP contribution is -2.40. The van der Waals surface area contributed by atoms with Crippen molar-refractivity contribution in [3.8, 4) is 6.07 Å². The van der Waals surface area contributed by atoms with Gasteiger partial charge in [-0.1, -0.05) is 42.5 Å². The largest absolute Gasteiger partial charge is 0.346 e. The Morgan fingerprint density at radius 3 is 2.42 bits per heavy atom. The minimum atomic E-state index is -1.14.